The molecule has 1 saturated carbocycles. The first kappa shape index (κ1) is 16.6. The SMILES string of the molecule is c1ccc(-c2noc(CCN3CCCC(c4n[nH]c(C5CC5)n4)C3)n2)cc1. The summed E-state index contributed by atoms with van der Waals surface area (Å²) in [5.74, 6) is 4.49. The number of H-pyrrole nitrogens is 1. The van der Waals surface area contributed by atoms with Crippen molar-refractivity contribution >= 4 is 0 Å². The predicted octanol–water partition coefficient (Wildman–Crippen LogP) is 3.15. The Kier molecular flexibility index (Phi) is 4.45. The molecule has 1 unspecified atom stereocenters. The summed E-state index contributed by atoms with van der Waals surface area (Å²) in [6.45, 7) is 3.03. The summed E-state index contributed by atoms with van der Waals surface area (Å²) >= 11 is 0. The quantitative estimate of drug-likeness (QED) is 0.723. The molecular weight excluding hydrogens is 340 g/mol. The Balaban J connectivity index is 1.18. The maximum Gasteiger partial charge on any atom is 0.228 e. The highest BCUT2D eigenvalue weighted by Crippen LogP contribution is 2.38. The lowest BCUT2D eigenvalue weighted by Crippen LogP contribution is -2.36. The Morgan fingerprint density at radius 3 is 2.81 bits per heavy atom. The molecular formula is C20H24N6O. The summed E-state index contributed by atoms with van der Waals surface area (Å²) in [6, 6.07) is 9.94. The molecule has 1 atom stereocenters. The maximum atomic E-state index is 5.44. The minimum Gasteiger partial charge on any atom is -0.339 e. The molecule has 1 aromatic carbocycles. The van der Waals surface area contributed by atoms with Gasteiger partial charge in [-0.25, -0.2) is 4.98 Å². The molecule has 27 heavy (non-hydrogen) atoms. The van der Waals surface area contributed by atoms with Gasteiger partial charge in [0.2, 0.25) is 11.7 Å². The molecule has 1 aliphatic carbocycles. The van der Waals surface area contributed by atoms with Gasteiger partial charge in [0.25, 0.3) is 0 Å². The largest absolute Gasteiger partial charge is 0.339 e. The second-order valence-corrected chi connectivity index (χ2v) is 7.62. The van der Waals surface area contributed by atoms with E-state index in [4.69, 9.17) is 9.51 Å². The molecule has 0 bridgehead atoms. The number of aromatic nitrogens is 5. The van der Waals surface area contributed by atoms with E-state index in [0.29, 0.717) is 23.6 Å². The van der Waals surface area contributed by atoms with Crippen LogP contribution in [0.3, 0.4) is 0 Å². The summed E-state index contributed by atoms with van der Waals surface area (Å²) in [7, 11) is 0. The van der Waals surface area contributed by atoms with Crippen molar-refractivity contribution in [2.75, 3.05) is 19.6 Å². The minimum absolute atomic E-state index is 0.421. The first-order valence-corrected chi connectivity index (χ1v) is 9.88. The summed E-state index contributed by atoms with van der Waals surface area (Å²) in [4.78, 5) is 11.8. The van der Waals surface area contributed by atoms with Crippen molar-refractivity contribution in [2.24, 2.45) is 0 Å². The number of rotatable bonds is 6. The van der Waals surface area contributed by atoms with E-state index in [9.17, 15) is 0 Å². The van der Waals surface area contributed by atoms with Gasteiger partial charge in [0, 0.05) is 36.9 Å². The zero-order valence-electron chi connectivity index (χ0n) is 15.3. The zero-order chi connectivity index (χ0) is 18.1. The van der Waals surface area contributed by atoms with E-state index in [1.165, 1.54) is 19.3 Å². The van der Waals surface area contributed by atoms with E-state index in [1.807, 2.05) is 30.3 Å². The van der Waals surface area contributed by atoms with E-state index in [1.54, 1.807) is 0 Å². The molecule has 5 rings (SSSR count). The van der Waals surface area contributed by atoms with Crippen LogP contribution in [0.5, 0.6) is 0 Å². The van der Waals surface area contributed by atoms with Gasteiger partial charge >= 0.3 is 0 Å². The fraction of sp³-hybridized carbons (Fsp3) is 0.500. The van der Waals surface area contributed by atoms with E-state index < -0.39 is 0 Å². The van der Waals surface area contributed by atoms with Gasteiger partial charge in [-0.05, 0) is 32.2 Å². The van der Waals surface area contributed by atoms with Gasteiger partial charge in [-0.2, -0.15) is 10.1 Å². The lowest BCUT2D eigenvalue weighted by Gasteiger charge is -2.30. The molecule has 7 heteroatoms. The average Bonchev–Trinajstić information content (AvgIpc) is 3.26. The molecule has 3 heterocycles. The van der Waals surface area contributed by atoms with E-state index in [2.05, 4.69) is 25.2 Å². The lowest BCUT2D eigenvalue weighted by molar-refractivity contribution is 0.200. The summed E-state index contributed by atoms with van der Waals surface area (Å²) in [6.07, 6.45) is 5.61. The van der Waals surface area contributed by atoms with Crippen LogP contribution in [0.2, 0.25) is 0 Å². The molecule has 0 spiro atoms. The highest BCUT2D eigenvalue weighted by atomic mass is 16.5. The van der Waals surface area contributed by atoms with Crippen molar-refractivity contribution in [3.63, 3.8) is 0 Å². The summed E-state index contributed by atoms with van der Waals surface area (Å²) in [5, 5.41) is 11.7. The van der Waals surface area contributed by atoms with Crippen molar-refractivity contribution < 1.29 is 4.52 Å². The fourth-order valence-electron chi connectivity index (χ4n) is 3.79. The molecule has 2 fully saturated rings. The third kappa shape index (κ3) is 3.78. The van der Waals surface area contributed by atoms with Crippen LogP contribution in [0, 0.1) is 0 Å². The van der Waals surface area contributed by atoms with Crippen LogP contribution >= 0.6 is 0 Å². The normalized spacial score (nSPS) is 20.8. The number of hydrogen-bond acceptors (Lipinski definition) is 6. The molecule has 1 saturated heterocycles. The third-order valence-electron chi connectivity index (χ3n) is 5.50. The second-order valence-electron chi connectivity index (χ2n) is 7.62. The maximum absolute atomic E-state index is 5.44. The standard InChI is InChI=1S/C20H24N6O/c1-2-5-14(6-3-1)20-21-17(27-25-20)10-12-26-11-4-7-16(13-26)19-22-18(23-24-19)15-8-9-15/h1-3,5-6,15-16H,4,7-13H2,(H,22,23,24). The smallest absolute Gasteiger partial charge is 0.228 e. The van der Waals surface area contributed by atoms with Crippen LogP contribution in [0.25, 0.3) is 11.4 Å². The van der Waals surface area contributed by atoms with Gasteiger partial charge in [-0.1, -0.05) is 35.5 Å². The number of piperidine rings is 1. The van der Waals surface area contributed by atoms with Crippen LogP contribution < -0.4 is 0 Å². The van der Waals surface area contributed by atoms with Crippen LogP contribution in [-0.4, -0.2) is 49.9 Å². The topological polar surface area (TPSA) is 83.7 Å². The van der Waals surface area contributed by atoms with E-state index >= 15 is 0 Å². The molecule has 0 amide bonds. The van der Waals surface area contributed by atoms with Crippen LogP contribution in [-0.2, 0) is 6.42 Å². The third-order valence-corrected chi connectivity index (χ3v) is 5.50. The molecule has 0 radical (unpaired) electrons. The van der Waals surface area contributed by atoms with Gasteiger partial charge in [-0.3, -0.25) is 5.10 Å². The van der Waals surface area contributed by atoms with Crippen molar-refractivity contribution in [1.29, 1.82) is 0 Å². The highest BCUT2D eigenvalue weighted by Gasteiger charge is 2.30. The number of nitrogens with one attached hydrogen (secondary N) is 1. The first-order valence-electron chi connectivity index (χ1n) is 9.88. The number of hydrogen-bond donors (Lipinski definition) is 1. The molecule has 1 aliphatic heterocycles. The van der Waals surface area contributed by atoms with Gasteiger partial charge in [-0.15, -0.1) is 0 Å². The summed E-state index contributed by atoms with van der Waals surface area (Å²) in [5.41, 5.74) is 0.988. The van der Waals surface area contributed by atoms with Gasteiger partial charge in [0.15, 0.2) is 5.82 Å². The van der Waals surface area contributed by atoms with Gasteiger partial charge < -0.3 is 9.42 Å². The number of likely N-dealkylation sites (tertiary alicyclic amines) is 1. The minimum atomic E-state index is 0.421. The Labute approximate surface area is 158 Å². The molecule has 3 aromatic rings. The molecule has 140 valence electrons. The second kappa shape index (κ2) is 7.23. The zero-order valence-corrected chi connectivity index (χ0v) is 15.3. The van der Waals surface area contributed by atoms with Crippen molar-refractivity contribution in [3.8, 4) is 11.4 Å². The molecule has 1 N–H and O–H groups in total. The number of aromatic amines is 1. The van der Waals surface area contributed by atoms with Crippen molar-refractivity contribution in [1.82, 2.24) is 30.2 Å². The van der Waals surface area contributed by atoms with Gasteiger partial charge in [0.1, 0.15) is 5.82 Å². The number of benzene rings is 1. The van der Waals surface area contributed by atoms with Crippen LogP contribution in [0.4, 0.5) is 0 Å². The van der Waals surface area contributed by atoms with Crippen molar-refractivity contribution in [3.05, 3.63) is 47.9 Å². The Hall–Kier alpha value is -2.54. The fourth-order valence-corrected chi connectivity index (χ4v) is 3.79. The molecule has 2 aromatic heterocycles. The van der Waals surface area contributed by atoms with Gasteiger partial charge in [0.05, 0.1) is 0 Å². The monoisotopic (exact) mass is 364 g/mol. The molecule has 2 aliphatic rings. The van der Waals surface area contributed by atoms with E-state index in [-0.39, 0.29) is 0 Å². The Bertz CT molecular complexity index is 885. The first-order chi connectivity index (χ1) is 13.3. The van der Waals surface area contributed by atoms with Crippen LogP contribution in [0.15, 0.2) is 34.9 Å². The van der Waals surface area contributed by atoms with E-state index in [0.717, 1.165) is 49.7 Å². The van der Waals surface area contributed by atoms with Crippen molar-refractivity contribution in [2.45, 2.75) is 43.9 Å². The van der Waals surface area contributed by atoms with Crippen LogP contribution in [0.1, 0.15) is 55.1 Å². The Morgan fingerprint density at radius 1 is 1.07 bits per heavy atom. The average molecular weight is 364 g/mol. The predicted molar refractivity (Wildman–Crippen MR) is 100 cm³/mol. The number of nitrogens with zero attached hydrogens (tertiary/aromatic N) is 5. The Morgan fingerprint density at radius 2 is 1.96 bits per heavy atom. The summed E-state index contributed by atoms with van der Waals surface area (Å²) < 4.78 is 5.44. The molecule has 7 nitrogen and oxygen atoms in total. The lowest BCUT2D eigenvalue weighted by atomic mass is 9.97. The highest BCUT2D eigenvalue weighted by molar-refractivity contribution is 5.53.